The Morgan fingerprint density at radius 3 is 3.12 bits per heavy atom. The molecule has 1 saturated carbocycles. The zero-order chi connectivity index (χ0) is 11.5. The molecule has 0 aromatic carbocycles. The highest BCUT2D eigenvalue weighted by molar-refractivity contribution is 7.09. The highest BCUT2D eigenvalue weighted by Crippen LogP contribution is 2.43. The molecule has 16 heavy (non-hydrogen) atoms. The number of rotatable bonds is 5. The van der Waals surface area contributed by atoms with Gasteiger partial charge < -0.3 is 10.5 Å². The summed E-state index contributed by atoms with van der Waals surface area (Å²) in [6.07, 6.45) is 3.45. The fourth-order valence-corrected chi connectivity index (χ4v) is 2.62. The van der Waals surface area contributed by atoms with Crippen LogP contribution in [0.4, 0.5) is 0 Å². The molecular weight excluding hydrogens is 224 g/mol. The molecule has 4 nitrogen and oxygen atoms in total. The molecule has 1 aliphatic carbocycles. The third-order valence-electron chi connectivity index (χ3n) is 2.81. The van der Waals surface area contributed by atoms with Crippen LogP contribution in [0.1, 0.15) is 48.2 Å². The van der Waals surface area contributed by atoms with Gasteiger partial charge in [-0.1, -0.05) is 0 Å². The first-order valence-electron chi connectivity index (χ1n) is 5.48. The molecule has 1 heterocycles. The van der Waals surface area contributed by atoms with Crippen molar-refractivity contribution in [2.45, 2.75) is 37.6 Å². The lowest BCUT2D eigenvalue weighted by molar-refractivity contribution is -0.140. The molecule has 0 saturated heterocycles. The van der Waals surface area contributed by atoms with E-state index < -0.39 is 0 Å². The van der Waals surface area contributed by atoms with Crippen molar-refractivity contribution in [3.8, 4) is 0 Å². The standard InChI is InChI=1S/C11H16N2O2S/c1-15-9(14)5-4-8(12)11-10(7-2-3-7)13-6-16-11/h6-8H,2-5,12H2,1H3. The number of nitrogens with zero attached hydrogens (tertiary/aromatic N) is 1. The highest BCUT2D eigenvalue weighted by Gasteiger charge is 2.30. The Balaban J connectivity index is 1.94. The van der Waals surface area contributed by atoms with Crippen LogP contribution in [-0.4, -0.2) is 18.1 Å². The van der Waals surface area contributed by atoms with Crippen LogP contribution in [0.2, 0.25) is 0 Å². The zero-order valence-corrected chi connectivity index (χ0v) is 10.1. The summed E-state index contributed by atoms with van der Waals surface area (Å²) < 4.78 is 4.60. The second kappa shape index (κ2) is 4.93. The lowest BCUT2D eigenvalue weighted by Crippen LogP contribution is -2.13. The summed E-state index contributed by atoms with van der Waals surface area (Å²) in [5, 5.41) is 0. The third kappa shape index (κ3) is 2.59. The molecule has 0 bridgehead atoms. The molecule has 0 spiro atoms. The minimum absolute atomic E-state index is 0.0813. The van der Waals surface area contributed by atoms with Crippen LogP contribution >= 0.6 is 11.3 Å². The van der Waals surface area contributed by atoms with E-state index >= 15 is 0 Å². The van der Waals surface area contributed by atoms with Gasteiger partial charge in [0.05, 0.1) is 18.3 Å². The van der Waals surface area contributed by atoms with Crippen LogP contribution in [0.5, 0.6) is 0 Å². The van der Waals surface area contributed by atoms with Gasteiger partial charge in [0.1, 0.15) is 0 Å². The number of hydrogen-bond donors (Lipinski definition) is 1. The predicted octanol–water partition coefficient (Wildman–Crippen LogP) is 1.97. The number of carbonyl (C=O) groups excluding carboxylic acids is 1. The Morgan fingerprint density at radius 2 is 2.50 bits per heavy atom. The molecule has 0 radical (unpaired) electrons. The van der Waals surface area contributed by atoms with E-state index in [4.69, 9.17) is 5.73 Å². The molecular formula is C11H16N2O2S. The monoisotopic (exact) mass is 240 g/mol. The van der Waals surface area contributed by atoms with E-state index in [0.29, 0.717) is 18.8 Å². The number of thiazole rings is 1. The molecule has 2 N–H and O–H groups in total. The summed E-state index contributed by atoms with van der Waals surface area (Å²) in [5.41, 5.74) is 9.07. The van der Waals surface area contributed by atoms with Crippen LogP contribution < -0.4 is 5.73 Å². The Hall–Kier alpha value is -0.940. The van der Waals surface area contributed by atoms with Crippen LogP contribution in [0, 0.1) is 0 Å². The fourth-order valence-electron chi connectivity index (χ4n) is 1.71. The maximum atomic E-state index is 11.0. The average Bonchev–Trinajstić information content (AvgIpc) is 3.03. The molecule has 1 fully saturated rings. The van der Waals surface area contributed by atoms with E-state index in [-0.39, 0.29) is 12.0 Å². The van der Waals surface area contributed by atoms with Crippen molar-refractivity contribution >= 4 is 17.3 Å². The lowest BCUT2D eigenvalue weighted by Gasteiger charge is -2.10. The number of methoxy groups -OCH3 is 1. The second-order valence-corrected chi connectivity index (χ2v) is 4.98. The van der Waals surface area contributed by atoms with Gasteiger partial charge in [0.15, 0.2) is 0 Å². The van der Waals surface area contributed by atoms with Gasteiger partial charge in [0.25, 0.3) is 0 Å². The number of carbonyl (C=O) groups is 1. The Morgan fingerprint density at radius 1 is 1.75 bits per heavy atom. The highest BCUT2D eigenvalue weighted by atomic mass is 32.1. The van der Waals surface area contributed by atoms with E-state index in [2.05, 4.69) is 9.72 Å². The molecule has 5 heteroatoms. The number of hydrogen-bond acceptors (Lipinski definition) is 5. The zero-order valence-electron chi connectivity index (χ0n) is 9.31. The fraction of sp³-hybridized carbons (Fsp3) is 0.636. The summed E-state index contributed by atoms with van der Waals surface area (Å²) in [6, 6.07) is -0.0813. The summed E-state index contributed by atoms with van der Waals surface area (Å²) in [7, 11) is 1.40. The van der Waals surface area contributed by atoms with Crippen molar-refractivity contribution < 1.29 is 9.53 Å². The lowest BCUT2D eigenvalue weighted by atomic mass is 10.1. The van der Waals surface area contributed by atoms with Gasteiger partial charge in [-0.3, -0.25) is 4.79 Å². The van der Waals surface area contributed by atoms with Crippen LogP contribution in [0.25, 0.3) is 0 Å². The number of aromatic nitrogens is 1. The predicted molar refractivity (Wildman–Crippen MR) is 62.3 cm³/mol. The van der Waals surface area contributed by atoms with Crippen molar-refractivity contribution in [3.05, 3.63) is 16.1 Å². The average molecular weight is 240 g/mol. The van der Waals surface area contributed by atoms with Crippen molar-refractivity contribution in [1.29, 1.82) is 0 Å². The van der Waals surface area contributed by atoms with Gasteiger partial charge in [-0.15, -0.1) is 11.3 Å². The molecule has 1 aromatic heterocycles. The maximum Gasteiger partial charge on any atom is 0.305 e. The molecule has 0 amide bonds. The third-order valence-corrected chi connectivity index (χ3v) is 3.79. The normalized spacial score (nSPS) is 17.1. The molecule has 88 valence electrons. The molecule has 1 aromatic rings. The summed E-state index contributed by atoms with van der Waals surface area (Å²) >= 11 is 1.60. The largest absolute Gasteiger partial charge is 0.469 e. The van der Waals surface area contributed by atoms with Gasteiger partial charge in [-0.05, 0) is 19.3 Å². The van der Waals surface area contributed by atoms with Crippen LogP contribution in [-0.2, 0) is 9.53 Å². The molecule has 2 rings (SSSR count). The van der Waals surface area contributed by atoms with Crippen LogP contribution in [0.15, 0.2) is 5.51 Å². The molecule has 1 atom stereocenters. The van der Waals surface area contributed by atoms with Gasteiger partial charge in [0, 0.05) is 23.3 Å². The van der Waals surface area contributed by atoms with Crippen molar-refractivity contribution in [3.63, 3.8) is 0 Å². The second-order valence-electron chi connectivity index (χ2n) is 4.10. The van der Waals surface area contributed by atoms with E-state index in [1.807, 2.05) is 5.51 Å². The Bertz CT molecular complexity index is 374. The Labute approximate surface area is 98.8 Å². The van der Waals surface area contributed by atoms with Crippen LogP contribution in [0.3, 0.4) is 0 Å². The quantitative estimate of drug-likeness (QED) is 0.799. The number of ether oxygens (including phenoxy) is 1. The smallest absolute Gasteiger partial charge is 0.305 e. The summed E-state index contributed by atoms with van der Waals surface area (Å²) in [6.45, 7) is 0. The van der Waals surface area contributed by atoms with E-state index in [0.717, 1.165) is 10.6 Å². The first kappa shape index (κ1) is 11.5. The maximum absolute atomic E-state index is 11.0. The van der Waals surface area contributed by atoms with E-state index in [9.17, 15) is 4.79 Å². The van der Waals surface area contributed by atoms with Crippen molar-refractivity contribution in [2.24, 2.45) is 5.73 Å². The van der Waals surface area contributed by atoms with Gasteiger partial charge in [0.2, 0.25) is 0 Å². The first-order valence-corrected chi connectivity index (χ1v) is 6.36. The first-order chi connectivity index (χ1) is 7.72. The van der Waals surface area contributed by atoms with Gasteiger partial charge >= 0.3 is 5.97 Å². The minimum atomic E-state index is -0.201. The topological polar surface area (TPSA) is 65.2 Å². The number of esters is 1. The summed E-state index contributed by atoms with van der Waals surface area (Å²) in [4.78, 5) is 16.5. The molecule has 0 aliphatic heterocycles. The minimum Gasteiger partial charge on any atom is -0.469 e. The Kier molecular flexibility index (Phi) is 3.56. The van der Waals surface area contributed by atoms with E-state index in [1.165, 1.54) is 20.0 Å². The SMILES string of the molecule is COC(=O)CCC(N)c1scnc1C1CC1. The van der Waals surface area contributed by atoms with Crippen molar-refractivity contribution in [2.75, 3.05) is 7.11 Å². The molecule has 1 aliphatic rings. The number of nitrogens with two attached hydrogens (primary N) is 1. The molecule has 1 unspecified atom stereocenters. The summed E-state index contributed by atoms with van der Waals surface area (Å²) in [5.74, 6) is 0.415. The van der Waals surface area contributed by atoms with Gasteiger partial charge in [-0.2, -0.15) is 0 Å². The van der Waals surface area contributed by atoms with Crippen molar-refractivity contribution in [1.82, 2.24) is 4.98 Å². The van der Waals surface area contributed by atoms with Gasteiger partial charge in [-0.25, -0.2) is 4.98 Å². The van der Waals surface area contributed by atoms with E-state index in [1.54, 1.807) is 11.3 Å².